The first-order valence-corrected chi connectivity index (χ1v) is 8.13. The van der Waals surface area contributed by atoms with Crippen LogP contribution in [0.15, 0.2) is 22.7 Å². The molecule has 0 saturated carbocycles. The van der Waals surface area contributed by atoms with E-state index in [0.29, 0.717) is 18.0 Å². The van der Waals surface area contributed by atoms with Crippen LogP contribution in [0.3, 0.4) is 0 Å². The van der Waals surface area contributed by atoms with Crippen LogP contribution in [0.5, 0.6) is 0 Å². The molecule has 1 fully saturated rings. The normalized spacial score (nSPS) is 23.6. The van der Waals surface area contributed by atoms with Gasteiger partial charge in [0.15, 0.2) is 0 Å². The fourth-order valence-corrected chi connectivity index (χ4v) is 3.43. The van der Waals surface area contributed by atoms with Gasteiger partial charge in [0, 0.05) is 41.3 Å². The molecule has 0 amide bonds. The minimum Gasteiger partial charge on any atom is -0.311 e. The van der Waals surface area contributed by atoms with E-state index < -0.39 is 0 Å². The summed E-state index contributed by atoms with van der Waals surface area (Å²) in [5.41, 5.74) is 0.809. The summed E-state index contributed by atoms with van der Waals surface area (Å²) in [5.74, 6) is 0.259. The van der Waals surface area contributed by atoms with E-state index in [1.54, 1.807) is 6.07 Å². The van der Waals surface area contributed by atoms with Crippen molar-refractivity contribution < 1.29 is 4.39 Å². The highest BCUT2D eigenvalue weighted by molar-refractivity contribution is 9.10. The van der Waals surface area contributed by atoms with Crippen LogP contribution in [-0.2, 0) is 0 Å². The Balaban J connectivity index is 0.00000220. The molecule has 2 rings (SSSR count). The van der Waals surface area contributed by atoms with E-state index in [2.05, 4.69) is 53.8 Å². The number of piperazine rings is 1. The molecule has 1 heterocycles. The first-order chi connectivity index (χ1) is 9.40. The molecule has 0 aliphatic carbocycles. The molecule has 0 radical (unpaired) electrons. The zero-order valence-electron chi connectivity index (χ0n) is 13.5. The van der Waals surface area contributed by atoms with Gasteiger partial charge in [-0.05, 0) is 31.9 Å². The Morgan fingerprint density at radius 1 is 1.27 bits per heavy atom. The summed E-state index contributed by atoms with van der Waals surface area (Å²) in [5, 5.41) is 3.49. The van der Waals surface area contributed by atoms with E-state index in [-0.39, 0.29) is 36.7 Å². The zero-order chi connectivity index (χ0) is 14.9. The van der Waals surface area contributed by atoms with Crippen molar-refractivity contribution >= 4 is 40.7 Å². The monoisotopic (exact) mass is 414 g/mol. The highest BCUT2D eigenvalue weighted by Gasteiger charge is 2.32. The minimum absolute atomic E-state index is 0. The first kappa shape index (κ1) is 22.1. The smallest absolute Gasteiger partial charge is 0.129 e. The topological polar surface area (TPSA) is 15.3 Å². The van der Waals surface area contributed by atoms with E-state index in [9.17, 15) is 4.39 Å². The maximum atomic E-state index is 14.4. The lowest BCUT2D eigenvalue weighted by molar-refractivity contribution is 0.0677. The van der Waals surface area contributed by atoms with Gasteiger partial charge in [-0.3, -0.25) is 4.90 Å². The van der Waals surface area contributed by atoms with Gasteiger partial charge in [-0.25, -0.2) is 4.39 Å². The van der Waals surface area contributed by atoms with E-state index >= 15 is 0 Å². The molecule has 1 saturated heterocycles. The average molecular weight is 416 g/mol. The second-order valence-electron chi connectivity index (χ2n) is 6.21. The lowest BCUT2D eigenvalue weighted by Crippen LogP contribution is -2.56. The van der Waals surface area contributed by atoms with Crippen LogP contribution >= 0.6 is 40.7 Å². The summed E-state index contributed by atoms with van der Waals surface area (Å²) in [6, 6.07) is 6.42. The van der Waals surface area contributed by atoms with Crippen molar-refractivity contribution in [1.82, 2.24) is 10.2 Å². The summed E-state index contributed by atoms with van der Waals surface area (Å²) >= 11 is 3.34. The second-order valence-corrected chi connectivity index (χ2v) is 7.13. The highest BCUT2D eigenvalue weighted by Crippen LogP contribution is 2.34. The Hall–Kier alpha value is 0.130. The quantitative estimate of drug-likeness (QED) is 0.761. The average Bonchev–Trinajstić information content (AvgIpc) is 2.36. The summed E-state index contributed by atoms with van der Waals surface area (Å²) in [7, 11) is 0. The summed E-state index contributed by atoms with van der Waals surface area (Å²) in [6.07, 6.45) is 0. The van der Waals surface area contributed by atoms with Crippen LogP contribution in [0.4, 0.5) is 4.39 Å². The fourth-order valence-electron chi connectivity index (χ4n) is 3.10. The van der Waals surface area contributed by atoms with Gasteiger partial charge in [-0.15, -0.1) is 24.8 Å². The molecule has 2 nitrogen and oxygen atoms in total. The van der Waals surface area contributed by atoms with Crippen molar-refractivity contribution in [2.45, 2.75) is 45.8 Å². The van der Waals surface area contributed by atoms with Crippen LogP contribution in [0.25, 0.3) is 0 Å². The number of nitrogens with zero attached hydrogens (tertiary/aromatic N) is 1. The first-order valence-electron chi connectivity index (χ1n) is 7.34. The molecule has 1 aromatic rings. The molecule has 1 aromatic carbocycles. The van der Waals surface area contributed by atoms with Gasteiger partial charge in [0.25, 0.3) is 0 Å². The van der Waals surface area contributed by atoms with Crippen molar-refractivity contribution in [2.24, 2.45) is 5.92 Å². The van der Waals surface area contributed by atoms with Crippen LogP contribution in [0.2, 0.25) is 0 Å². The molecule has 22 heavy (non-hydrogen) atoms. The fraction of sp³-hybridized carbons (Fsp3) is 0.625. The van der Waals surface area contributed by atoms with Gasteiger partial charge in [0.05, 0.1) is 0 Å². The maximum absolute atomic E-state index is 14.4. The third kappa shape index (κ3) is 5.07. The Bertz CT molecular complexity index is 473. The van der Waals surface area contributed by atoms with E-state index in [4.69, 9.17) is 0 Å². The molecule has 128 valence electrons. The van der Waals surface area contributed by atoms with E-state index in [1.807, 2.05) is 12.1 Å². The standard InChI is InChI=1S/C16H24BrFN2.2ClH/c1-10(2)16(14-6-5-13(17)7-15(14)18)20-9-11(3)19-8-12(20)4;;/h5-7,10-12,16,19H,8-9H2,1-4H3;2*1H/t11-,12+,16?;;/m0../s1. The second kappa shape index (κ2) is 9.43. The summed E-state index contributed by atoms with van der Waals surface area (Å²) < 4.78 is 15.2. The number of halogens is 4. The molecule has 0 spiro atoms. The molecule has 0 aromatic heterocycles. The summed E-state index contributed by atoms with van der Waals surface area (Å²) in [4.78, 5) is 2.44. The third-order valence-corrected chi connectivity index (χ3v) is 4.58. The Morgan fingerprint density at radius 3 is 2.45 bits per heavy atom. The molecular formula is C16H26BrCl2FN2. The lowest BCUT2D eigenvalue weighted by Gasteiger charge is -2.44. The Morgan fingerprint density at radius 2 is 1.91 bits per heavy atom. The van der Waals surface area contributed by atoms with Crippen molar-refractivity contribution in [3.8, 4) is 0 Å². The summed E-state index contributed by atoms with van der Waals surface area (Å²) in [6.45, 7) is 10.7. The van der Waals surface area contributed by atoms with Crippen LogP contribution in [-0.4, -0.2) is 30.1 Å². The molecular weight excluding hydrogens is 390 g/mol. The lowest BCUT2D eigenvalue weighted by atomic mass is 9.91. The van der Waals surface area contributed by atoms with Gasteiger partial charge >= 0.3 is 0 Å². The Kier molecular flexibility index (Phi) is 9.49. The molecule has 1 aliphatic heterocycles. The number of hydrogen-bond donors (Lipinski definition) is 1. The largest absolute Gasteiger partial charge is 0.311 e. The van der Waals surface area contributed by atoms with Crippen molar-refractivity contribution in [3.05, 3.63) is 34.1 Å². The Labute approximate surface area is 154 Å². The highest BCUT2D eigenvalue weighted by atomic mass is 79.9. The predicted molar refractivity (Wildman–Crippen MR) is 99.8 cm³/mol. The van der Waals surface area contributed by atoms with Gasteiger partial charge in [0.2, 0.25) is 0 Å². The number of benzene rings is 1. The molecule has 1 N–H and O–H groups in total. The van der Waals surface area contributed by atoms with Gasteiger partial charge in [0.1, 0.15) is 5.82 Å². The minimum atomic E-state index is -0.114. The zero-order valence-corrected chi connectivity index (χ0v) is 16.7. The van der Waals surface area contributed by atoms with E-state index in [0.717, 1.165) is 23.1 Å². The van der Waals surface area contributed by atoms with Crippen molar-refractivity contribution in [2.75, 3.05) is 13.1 Å². The SMILES string of the molecule is CC(C)C(c1ccc(Br)cc1F)N1C[C@H](C)NC[C@H]1C.Cl.Cl. The molecule has 3 atom stereocenters. The molecule has 1 aliphatic rings. The molecule has 0 bridgehead atoms. The van der Waals surface area contributed by atoms with Crippen molar-refractivity contribution in [3.63, 3.8) is 0 Å². The third-order valence-electron chi connectivity index (χ3n) is 4.08. The van der Waals surface area contributed by atoms with Crippen LogP contribution < -0.4 is 5.32 Å². The molecule has 6 heteroatoms. The number of rotatable bonds is 3. The van der Waals surface area contributed by atoms with Gasteiger partial charge < -0.3 is 5.32 Å². The predicted octanol–water partition coefficient (Wildman–Crippen LogP) is 4.81. The van der Waals surface area contributed by atoms with Crippen molar-refractivity contribution in [1.29, 1.82) is 0 Å². The maximum Gasteiger partial charge on any atom is 0.129 e. The number of nitrogens with one attached hydrogen (secondary N) is 1. The van der Waals surface area contributed by atoms with Gasteiger partial charge in [-0.1, -0.05) is 35.8 Å². The molecule has 1 unspecified atom stereocenters. The van der Waals surface area contributed by atoms with Crippen LogP contribution in [0.1, 0.15) is 39.3 Å². The number of hydrogen-bond acceptors (Lipinski definition) is 2. The van der Waals surface area contributed by atoms with Gasteiger partial charge in [-0.2, -0.15) is 0 Å². The van der Waals surface area contributed by atoms with Crippen LogP contribution in [0, 0.1) is 11.7 Å². The van der Waals surface area contributed by atoms with E-state index in [1.165, 1.54) is 0 Å².